The highest BCUT2D eigenvalue weighted by molar-refractivity contribution is 9.10. The fourth-order valence-electron chi connectivity index (χ4n) is 3.62. The van der Waals surface area contributed by atoms with Crippen LogP contribution in [0.3, 0.4) is 0 Å². The summed E-state index contributed by atoms with van der Waals surface area (Å²) in [6, 6.07) is 15.7. The number of hydrogen-bond donors (Lipinski definition) is 1. The molecule has 3 aromatic rings. The molecule has 4 nitrogen and oxygen atoms in total. The lowest BCUT2D eigenvalue weighted by Crippen LogP contribution is -2.42. The van der Waals surface area contributed by atoms with Crippen LogP contribution in [-0.4, -0.2) is 29.8 Å². The minimum absolute atomic E-state index is 0.0288. The Kier molecular flexibility index (Phi) is 5.78. The molecule has 1 fully saturated rings. The van der Waals surface area contributed by atoms with Gasteiger partial charge in [-0.2, -0.15) is 0 Å². The third kappa shape index (κ3) is 4.13. The Morgan fingerprint density at radius 3 is 2.54 bits per heavy atom. The van der Waals surface area contributed by atoms with E-state index in [1.54, 1.807) is 11.3 Å². The number of nitrogens with zero attached hydrogens (tertiary/aromatic N) is 1. The van der Waals surface area contributed by atoms with Crippen molar-refractivity contribution < 1.29 is 9.59 Å². The number of fused-ring (bicyclic) bond motifs is 1. The van der Waals surface area contributed by atoms with Crippen molar-refractivity contribution in [2.24, 2.45) is 5.92 Å². The fraction of sp³-hybridized carbons (Fsp3) is 0.273. The quantitative estimate of drug-likeness (QED) is 0.610. The fourth-order valence-corrected chi connectivity index (χ4v) is 4.84. The second-order valence-electron chi connectivity index (χ2n) is 7.05. The molecule has 0 radical (unpaired) electrons. The summed E-state index contributed by atoms with van der Waals surface area (Å²) in [6.45, 7) is 1.80. The molecule has 4 rings (SSSR count). The number of benzene rings is 2. The first-order valence-corrected chi connectivity index (χ1v) is 11.1. The molecule has 0 atom stereocenters. The van der Waals surface area contributed by atoms with Crippen LogP contribution in [-0.2, 0) is 11.3 Å². The van der Waals surface area contributed by atoms with E-state index in [0.29, 0.717) is 38.0 Å². The second kappa shape index (κ2) is 8.45. The van der Waals surface area contributed by atoms with Gasteiger partial charge in [0.25, 0.3) is 5.91 Å². The molecule has 0 spiro atoms. The summed E-state index contributed by atoms with van der Waals surface area (Å²) < 4.78 is 2.20. The summed E-state index contributed by atoms with van der Waals surface area (Å²) in [5.41, 5.74) is 1.85. The van der Waals surface area contributed by atoms with Crippen LogP contribution < -0.4 is 5.32 Å². The van der Waals surface area contributed by atoms with Crippen molar-refractivity contribution in [1.82, 2.24) is 10.2 Å². The number of piperidine rings is 1. The Morgan fingerprint density at radius 1 is 1.07 bits per heavy atom. The predicted octanol–water partition coefficient (Wildman–Crippen LogP) is 4.83. The minimum Gasteiger partial charge on any atom is -0.352 e. The molecule has 6 heteroatoms. The van der Waals surface area contributed by atoms with Crippen molar-refractivity contribution in [1.29, 1.82) is 0 Å². The molecule has 2 amide bonds. The number of carbonyl (C=O) groups excluding carboxylic acids is 2. The Morgan fingerprint density at radius 2 is 1.79 bits per heavy atom. The predicted molar refractivity (Wildman–Crippen MR) is 116 cm³/mol. The van der Waals surface area contributed by atoms with E-state index in [-0.39, 0.29) is 17.7 Å². The first-order valence-electron chi connectivity index (χ1n) is 9.39. The number of halogens is 1. The zero-order chi connectivity index (χ0) is 19.5. The van der Waals surface area contributed by atoms with E-state index in [1.807, 2.05) is 41.3 Å². The zero-order valence-electron chi connectivity index (χ0n) is 15.4. The molecule has 2 aromatic carbocycles. The van der Waals surface area contributed by atoms with Crippen LogP contribution in [0.2, 0.25) is 0 Å². The van der Waals surface area contributed by atoms with E-state index >= 15 is 0 Å². The van der Waals surface area contributed by atoms with E-state index in [1.165, 1.54) is 10.1 Å². The van der Waals surface area contributed by atoms with Gasteiger partial charge in [0.05, 0.1) is 0 Å². The van der Waals surface area contributed by atoms with Gasteiger partial charge in [-0.05, 0) is 59.5 Å². The topological polar surface area (TPSA) is 49.4 Å². The largest absolute Gasteiger partial charge is 0.352 e. The first kappa shape index (κ1) is 19.2. The molecule has 0 aliphatic carbocycles. The molecule has 1 saturated heterocycles. The highest BCUT2D eigenvalue weighted by atomic mass is 79.9. The van der Waals surface area contributed by atoms with Crippen molar-refractivity contribution in [3.63, 3.8) is 0 Å². The van der Waals surface area contributed by atoms with Gasteiger partial charge in [0.1, 0.15) is 0 Å². The highest BCUT2D eigenvalue weighted by Crippen LogP contribution is 2.26. The maximum atomic E-state index is 12.6. The number of hydrogen-bond acceptors (Lipinski definition) is 3. The minimum atomic E-state index is -0.0288. The van der Waals surface area contributed by atoms with Gasteiger partial charge in [0.15, 0.2) is 0 Å². The molecule has 28 heavy (non-hydrogen) atoms. The molecule has 1 aliphatic heterocycles. The van der Waals surface area contributed by atoms with Gasteiger partial charge in [-0.15, -0.1) is 11.3 Å². The molecular weight excluding hydrogens is 436 g/mol. The Bertz CT molecular complexity index is 991. The molecular formula is C22H21BrN2O2S. The number of rotatable bonds is 4. The monoisotopic (exact) mass is 456 g/mol. The molecule has 2 heterocycles. The van der Waals surface area contributed by atoms with Crippen molar-refractivity contribution in [2.45, 2.75) is 19.4 Å². The van der Waals surface area contributed by atoms with Gasteiger partial charge < -0.3 is 10.2 Å². The van der Waals surface area contributed by atoms with Crippen molar-refractivity contribution in [3.05, 3.63) is 69.5 Å². The summed E-state index contributed by atoms with van der Waals surface area (Å²) in [6.07, 6.45) is 1.41. The third-order valence-corrected chi connectivity index (χ3v) is 6.80. The van der Waals surface area contributed by atoms with Gasteiger partial charge in [-0.1, -0.05) is 34.1 Å². The SMILES string of the molecule is O=C(NCc1csc2ccccc12)C1CCN(C(=O)c2ccc(Br)cc2)CC1. The van der Waals surface area contributed by atoms with Crippen molar-refractivity contribution in [3.8, 4) is 0 Å². The van der Waals surface area contributed by atoms with Crippen LogP contribution in [0.5, 0.6) is 0 Å². The number of amides is 2. The number of nitrogens with one attached hydrogen (secondary N) is 1. The zero-order valence-corrected chi connectivity index (χ0v) is 17.8. The lowest BCUT2D eigenvalue weighted by Gasteiger charge is -2.31. The van der Waals surface area contributed by atoms with Gasteiger partial charge in [-0.3, -0.25) is 9.59 Å². The maximum absolute atomic E-state index is 12.6. The molecule has 144 valence electrons. The number of likely N-dealkylation sites (tertiary alicyclic amines) is 1. The standard InChI is InChI=1S/C22H21BrN2O2S/c23-18-7-5-16(6-8-18)22(27)25-11-9-15(10-12-25)21(26)24-13-17-14-28-20-4-2-1-3-19(17)20/h1-8,14-15H,9-13H2,(H,24,26). The lowest BCUT2D eigenvalue weighted by molar-refractivity contribution is -0.126. The van der Waals surface area contributed by atoms with Crippen LogP contribution in [0, 0.1) is 5.92 Å². The maximum Gasteiger partial charge on any atom is 0.253 e. The van der Waals surface area contributed by atoms with Crippen LogP contribution >= 0.6 is 27.3 Å². The first-order chi connectivity index (χ1) is 13.6. The lowest BCUT2D eigenvalue weighted by atomic mass is 9.95. The Labute approximate surface area is 176 Å². The normalized spacial score (nSPS) is 15.0. The number of carbonyl (C=O) groups is 2. The molecule has 0 saturated carbocycles. The summed E-state index contributed by atoms with van der Waals surface area (Å²) in [5.74, 6) is 0.0981. The third-order valence-electron chi connectivity index (χ3n) is 5.26. The smallest absolute Gasteiger partial charge is 0.253 e. The summed E-state index contributed by atoms with van der Waals surface area (Å²) in [4.78, 5) is 27.0. The van der Waals surface area contributed by atoms with Gasteiger partial charge in [-0.25, -0.2) is 0 Å². The second-order valence-corrected chi connectivity index (χ2v) is 8.88. The van der Waals surface area contributed by atoms with Crippen molar-refractivity contribution >= 4 is 49.2 Å². The van der Waals surface area contributed by atoms with Gasteiger partial charge in [0, 0.05) is 40.3 Å². The van der Waals surface area contributed by atoms with Crippen LogP contribution in [0.15, 0.2) is 58.4 Å². The van der Waals surface area contributed by atoms with Gasteiger partial charge >= 0.3 is 0 Å². The molecule has 1 N–H and O–H groups in total. The molecule has 1 aromatic heterocycles. The molecule has 0 bridgehead atoms. The van der Waals surface area contributed by atoms with E-state index in [0.717, 1.165) is 10.0 Å². The van der Waals surface area contributed by atoms with E-state index in [2.05, 4.69) is 38.8 Å². The Hall–Kier alpha value is -2.18. The van der Waals surface area contributed by atoms with E-state index in [4.69, 9.17) is 0 Å². The average molecular weight is 457 g/mol. The van der Waals surface area contributed by atoms with Crippen LogP contribution in [0.1, 0.15) is 28.8 Å². The van der Waals surface area contributed by atoms with E-state index in [9.17, 15) is 9.59 Å². The van der Waals surface area contributed by atoms with Gasteiger partial charge in [0.2, 0.25) is 5.91 Å². The summed E-state index contributed by atoms with van der Waals surface area (Å²) >= 11 is 5.09. The average Bonchev–Trinajstić information content (AvgIpc) is 3.15. The molecule has 1 aliphatic rings. The summed E-state index contributed by atoms with van der Waals surface area (Å²) in [5, 5.41) is 6.41. The van der Waals surface area contributed by atoms with E-state index < -0.39 is 0 Å². The van der Waals surface area contributed by atoms with Crippen molar-refractivity contribution in [2.75, 3.05) is 13.1 Å². The summed E-state index contributed by atoms with van der Waals surface area (Å²) in [7, 11) is 0. The van der Waals surface area contributed by atoms with Crippen LogP contribution in [0.25, 0.3) is 10.1 Å². The Balaban J connectivity index is 1.30. The molecule has 0 unspecified atom stereocenters. The number of thiophene rings is 1. The highest BCUT2D eigenvalue weighted by Gasteiger charge is 2.27. The van der Waals surface area contributed by atoms with Crippen LogP contribution in [0.4, 0.5) is 0 Å².